The van der Waals surface area contributed by atoms with Gasteiger partial charge in [0.2, 0.25) is 0 Å². The van der Waals surface area contributed by atoms with Crippen molar-refractivity contribution in [1.82, 2.24) is 14.9 Å². The lowest BCUT2D eigenvalue weighted by Gasteiger charge is -2.12. The molecule has 0 unspecified atom stereocenters. The molecule has 0 fully saturated rings. The molecule has 0 spiro atoms. The summed E-state index contributed by atoms with van der Waals surface area (Å²) < 4.78 is 13.3. The predicted octanol–water partition coefficient (Wildman–Crippen LogP) is 5.14. The second-order valence-electron chi connectivity index (χ2n) is 7.90. The quantitative estimate of drug-likeness (QED) is 0.345. The number of carbonyl (C=O) groups is 1. The maximum atomic E-state index is 12.7. The van der Waals surface area contributed by atoms with Gasteiger partial charge in [-0.05, 0) is 61.7 Å². The number of nitrogens with one attached hydrogen (secondary N) is 1. The molecule has 1 aromatic heterocycles. The lowest BCUT2D eigenvalue weighted by molar-refractivity contribution is 0.0949. The summed E-state index contributed by atoms with van der Waals surface area (Å²) in [4.78, 5) is 17.4. The van der Waals surface area contributed by atoms with Gasteiger partial charge in [0.25, 0.3) is 5.91 Å². The van der Waals surface area contributed by atoms with Crippen LogP contribution in [0.1, 0.15) is 34.6 Å². The van der Waals surface area contributed by atoms with E-state index in [4.69, 9.17) is 14.5 Å². The van der Waals surface area contributed by atoms with Crippen molar-refractivity contribution in [3.63, 3.8) is 0 Å². The number of imidazole rings is 1. The molecule has 6 heteroatoms. The van der Waals surface area contributed by atoms with E-state index in [2.05, 4.69) is 28.9 Å². The van der Waals surface area contributed by atoms with Crippen LogP contribution in [0.15, 0.2) is 72.8 Å². The van der Waals surface area contributed by atoms with Crippen LogP contribution in [0.5, 0.6) is 11.5 Å². The fraction of sp³-hybridized carbons (Fsp3) is 0.259. The number of carbonyl (C=O) groups excluding carboxylic acids is 1. The average molecular weight is 444 g/mol. The molecule has 4 rings (SSSR count). The highest BCUT2D eigenvalue weighted by Crippen LogP contribution is 2.19. The Morgan fingerprint density at radius 3 is 2.67 bits per heavy atom. The van der Waals surface area contributed by atoms with Gasteiger partial charge < -0.3 is 19.4 Å². The molecule has 1 heterocycles. The number of aromatic nitrogens is 2. The topological polar surface area (TPSA) is 65.4 Å². The lowest BCUT2D eigenvalue weighted by Crippen LogP contribution is -2.24. The van der Waals surface area contributed by atoms with E-state index in [-0.39, 0.29) is 5.91 Å². The number of unbranched alkanes of at least 4 members (excludes halogenated alkanes) is 1. The average Bonchev–Trinajstić information content (AvgIpc) is 3.21. The number of amides is 1. The highest BCUT2D eigenvalue weighted by Gasteiger charge is 2.13. The van der Waals surface area contributed by atoms with Crippen molar-refractivity contribution in [3.8, 4) is 11.5 Å². The molecule has 6 nitrogen and oxygen atoms in total. The van der Waals surface area contributed by atoms with Gasteiger partial charge in [-0.25, -0.2) is 4.98 Å². The molecule has 4 aromatic rings. The van der Waals surface area contributed by atoms with Crippen molar-refractivity contribution in [2.24, 2.45) is 0 Å². The smallest absolute Gasteiger partial charge is 0.251 e. The van der Waals surface area contributed by atoms with Crippen LogP contribution in [0.2, 0.25) is 0 Å². The van der Waals surface area contributed by atoms with E-state index >= 15 is 0 Å². The first-order valence-electron chi connectivity index (χ1n) is 11.2. The number of methoxy groups -OCH3 is 1. The van der Waals surface area contributed by atoms with E-state index < -0.39 is 0 Å². The van der Waals surface area contributed by atoms with Crippen LogP contribution >= 0.6 is 0 Å². The summed E-state index contributed by atoms with van der Waals surface area (Å²) >= 11 is 0. The maximum Gasteiger partial charge on any atom is 0.251 e. The van der Waals surface area contributed by atoms with Gasteiger partial charge in [-0.2, -0.15) is 0 Å². The molecule has 0 aliphatic rings. The molecule has 0 bridgehead atoms. The van der Waals surface area contributed by atoms with Gasteiger partial charge in [0, 0.05) is 12.1 Å². The predicted molar refractivity (Wildman–Crippen MR) is 130 cm³/mol. The van der Waals surface area contributed by atoms with Crippen LogP contribution in [0.4, 0.5) is 0 Å². The van der Waals surface area contributed by atoms with Crippen LogP contribution in [-0.2, 0) is 13.1 Å². The largest absolute Gasteiger partial charge is 0.497 e. The van der Waals surface area contributed by atoms with Crippen molar-refractivity contribution < 1.29 is 14.3 Å². The first-order valence-corrected chi connectivity index (χ1v) is 11.2. The number of hydrogen-bond donors (Lipinski definition) is 1. The molecule has 1 N–H and O–H groups in total. The van der Waals surface area contributed by atoms with E-state index in [1.807, 2.05) is 48.5 Å². The van der Waals surface area contributed by atoms with Gasteiger partial charge in [0.05, 0.1) is 31.3 Å². The summed E-state index contributed by atoms with van der Waals surface area (Å²) in [6.45, 7) is 3.88. The Bertz CT molecular complexity index is 1230. The molecule has 0 radical (unpaired) electrons. The molecule has 33 heavy (non-hydrogen) atoms. The van der Waals surface area contributed by atoms with Crippen LogP contribution in [0.25, 0.3) is 11.0 Å². The Labute approximate surface area is 194 Å². The fourth-order valence-corrected chi connectivity index (χ4v) is 3.81. The third kappa shape index (κ3) is 5.52. The molecule has 0 aliphatic heterocycles. The summed E-state index contributed by atoms with van der Waals surface area (Å²) in [5.41, 5.74) is 3.71. The van der Waals surface area contributed by atoms with Crippen molar-refractivity contribution >= 4 is 16.9 Å². The third-order valence-corrected chi connectivity index (χ3v) is 5.60. The van der Waals surface area contributed by atoms with Gasteiger partial charge in [-0.15, -0.1) is 0 Å². The summed E-state index contributed by atoms with van der Waals surface area (Å²) in [5, 5.41) is 2.99. The standard InChI is InChI=1S/C27H29N3O3/c1-20-10-3-6-15-25(20)33-17-8-7-16-30-24-14-5-4-13-23(24)29-26(30)19-28-27(31)21-11-9-12-22(18-21)32-2/h3-6,9-15,18H,7-8,16-17,19H2,1-2H3,(H,28,31). The first-order chi connectivity index (χ1) is 16.2. The van der Waals surface area contributed by atoms with Gasteiger partial charge >= 0.3 is 0 Å². The third-order valence-electron chi connectivity index (χ3n) is 5.60. The Kier molecular flexibility index (Phi) is 7.25. The van der Waals surface area contributed by atoms with Gasteiger partial charge in [0.1, 0.15) is 17.3 Å². The van der Waals surface area contributed by atoms with Crippen molar-refractivity contribution in [1.29, 1.82) is 0 Å². The SMILES string of the molecule is COc1cccc(C(=O)NCc2nc3ccccc3n2CCCCOc2ccccc2C)c1. The number of hydrogen-bond acceptors (Lipinski definition) is 4. The summed E-state index contributed by atoms with van der Waals surface area (Å²) in [7, 11) is 1.59. The molecule has 1 amide bonds. The van der Waals surface area contributed by atoms with E-state index in [9.17, 15) is 4.79 Å². The number of rotatable bonds is 10. The summed E-state index contributed by atoms with van der Waals surface area (Å²) in [6, 6.07) is 23.3. The monoisotopic (exact) mass is 443 g/mol. The van der Waals surface area contributed by atoms with E-state index in [1.54, 1.807) is 19.2 Å². The molecule has 0 saturated heterocycles. The van der Waals surface area contributed by atoms with E-state index in [0.29, 0.717) is 24.5 Å². The first kappa shape index (κ1) is 22.4. The number of benzene rings is 3. The second kappa shape index (κ2) is 10.7. The number of para-hydroxylation sites is 3. The van der Waals surface area contributed by atoms with Gasteiger partial charge in [-0.3, -0.25) is 4.79 Å². The van der Waals surface area contributed by atoms with Crippen LogP contribution < -0.4 is 14.8 Å². The van der Waals surface area contributed by atoms with Gasteiger partial charge in [0.15, 0.2) is 0 Å². The zero-order valence-electron chi connectivity index (χ0n) is 19.1. The van der Waals surface area contributed by atoms with E-state index in [0.717, 1.165) is 47.6 Å². The highest BCUT2D eigenvalue weighted by molar-refractivity contribution is 5.94. The number of aryl methyl sites for hydroxylation is 2. The Hall–Kier alpha value is -3.80. The zero-order chi connectivity index (χ0) is 23.0. The summed E-state index contributed by atoms with van der Waals surface area (Å²) in [6.07, 6.45) is 1.87. The minimum atomic E-state index is -0.154. The molecular weight excluding hydrogens is 414 g/mol. The molecular formula is C27H29N3O3. The highest BCUT2D eigenvalue weighted by atomic mass is 16.5. The molecule has 0 saturated carbocycles. The summed E-state index contributed by atoms with van der Waals surface area (Å²) in [5.74, 6) is 2.28. The number of ether oxygens (including phenoxy) is 2. The number of fused-ring (bicyclic) bond motifs is 1. The van der Waals surface area contributed by atoms with E-state index in [1.165, 1.54) is 0 Å². The lowest BCUT2D eigenvalue weighted by atomic mass is 10.2. The maximum absolute atomic E-state index is 12.7. The van der Waals surface area contributed by atoms with Crippen molar-refractivity contribution in [2.75, 3.05) is 13.7 Å². The van der Waals surface area contributed by atoms with Crippen LogP contribution in [-0.4, -0.2) is 29.2 Å². The van der Waals surface area contributed by atoms with Gasteiger partial charge in [-0.1, -0.05) is 36.4 Å². The van der Waals surface area contributed by atoms with Crippen LogP contribution in [0.3, 0.4) is 0 Å². The van der Waals surface area contributed by atoms with Crippen LogP contribution in [0, 0.1) is 6.92 Å². The van der Waals surface area contributed by atoms with Crippen molar-refractivity contribution in [2.45, 2.75) is 32.9 Å². The fourth-order valence-electron chi connectivity index (χ4n) is 3.81. The Morgan fingerprint density at radius 1 is 1.00 bits per heavy atom. The molecule has 170 valence electrons. The molecule has 0 atom stereocenters. The molecule has 0 aliphatic carbocycles. The van der Waals surface area contributed by atoms with Crippen molar-refractivity contribution in [3.05, 3.63) is 89.7 Å². The normalized spacial score (nSPS) is 10.8. The second-order valence-corrected chi connectivity index (χ2v) is 7.90. The minimum Gasteiger partial charge on any atom is -0.497 e. The minimum absolute atomic E-state index is 0.154. The number of nitrogens with zero attached hydrogens (tertiary/aromatic N) is 2. The molecule has 3 aromatic carbocycles. The Morgan fingerprint density at radius 2 is 1.82 bits per heavy atom. The zero-order valence-corrected chi connectivity index (χ0v) is 19.1. The Balaban J connectivity index is 1.39.